The summed E-state index contributed by atoms with van der Waals surface area (Å²) in [5.74, 6) is 2.61. The van der Waals surface area contributed by atoms with Crippen molar-refractivity contribution in [2.45, 2.75) is 32.4 Å². The van der Waals surface area contributed by atoms with Gasteiger partial charge >= 0.3 is 0 Å². The van der Waals surface area contributed by atoms with Gasteiger partial charge < -0.3 is 9.15 Å². The molecule has 5 heteroatoms. The molecule has 3 aromatic rings. The van der Waals surface area contributed by atoms with E-state index in [1.807, 2.05) is 36.6 Å². The molecular formula is C20H22N2O2S. The minimum Gasteiger partial charge on any atom is -0.496 e. The second-order valence-corrected chi connectivity index (χ2v) is 7.32. The second kappa shape index (κ2) is 7.02. The van der Waals surface area contributed by atoms with E-state index in [1.54, 1.807) is 18.4 Å². The van der Waals surface area contributed by atoms with Gasteiger partial charge in [0.25, 0.3) is 0 Å². The van der Waals surface area contributed by atoms with E-state index in [4.69, 9.17) is 14.1 Å². The van der Waals surface area contributed by atoms with Crippen LogP contribution in [0.25, 0.3) is 10.8 Å². The number of ether oxygens (including phenoxy) is 1. The van der Waals surface area contributed by atoms with Crippen molar-refractivity contribution >= 4 is 11.3 Å². The normalized spacial score (nSPS) is 17.9. The number of hydrogen-bond acceptors (Lipinski definition) is 5. The summed E-state index contributed by atoms with van der Waals surface area (Å²) >= 11 is 1.66. The van der Waals surface area contributed by atoms with Gasteiger partial charge in [-0.25, -0.2) is 4.98 Å². The Morgan fingerprint density at radius 3 is 2.96 bits per heavy atom. The number of methoxy groups -OCH3 is 1. The van der Waals surface area contributed by atoms with Crippen LogP contribution >= 0.6 is 11.3 Å². The lowest BCUT2D eigenvalue weighted by molar-refractivity contribution is 0.239. The largest absolute Gasteiger partial charge is 0.496 e. The molecule has 3 heterocycles. The first kappa shape index (κ1) is 16.4. The molecule has 1 atom stereocenters. The molecule has 0 radical (unpaired) electrons. The maximum absolute atomic E-state index is 5.90. The van der Waals surface area contributed by atoms with E-state index in [-0.39, 0.29) is 0 Å². The molecule has 25 heavy (non-hydrogen) atoms. The molecule has 2 aromatic heterocycles. The fraction of sp³-hybridized carbons (Fsp3) is 0.350. The zero-order valence-electron chi connectivity index (χ0n) is 14.6. The Morgan fingerprint density at radius 2 is 2.16 bits per heavy atom. The highest BCUT2D eigenvalue weighted by Gasteiger charge is 2.29. The Hall–Kier alpha value is -2.11. The predicted molar refractivity (Wildman–Crippen MR) is 99.9 cm³/mol. The maximum Gasteiger partial charge on any atom is 0.236 e. The van der Waals surface area contributed by atoms with Gasteiger partial charge in [-0.15, -0.1) is 11.3 Å². The number of nitrogens with zero attached hydrogens (tertiary/aromatic N) is 2. The van der Waals surface area contributed by atoms with E-state index in [0.717, 1.165) is 47.5 Å². The molecule has 0 aliphatic carbocycles. The van der Waals surface area contributed by atoms with Crippen LogP contribution in [0, 0.1) is 6.92 Å². The first-order chi connectivity index (χ1) is 12.3. The van der Waals surface area contributed by atoms with Gasteiger partial charge in [-0.2, -0.15) is 0 Å². The summed E-state index contributed by atoms with van der Waals surface area (Å²) < 4.78 is 11.5. The Kier molecular flexibility index (Phi) is 4.59. The third-order valence-corrected chi connectivity index (χ3v) is 5.70. The van der Waals surface area contributed by atoms with Gasteiger partial charge in [-0.3, -0.25) is 4.90 Å². The van der Waals surface area contributed by atoms with Crippen LogP contribution < -0.4 is 4.74 Å². The topological polar surface area (TPSA) is 38.5 Å². The highest BCUT2D eigenvalue weighted by molar-refractivity contribution is 7.13. The van der Waals surface area contributed by atoms with Crippen LogP contribution in [0.4, 0.5) is 0 Å². The lowest BCUT2D eigenvalue weighted by Crippen LogP contribution is -2.23. The molecule has 0 saturated carbocycles. The maximum atomic E-state index is 5.90. The van der Waals surface area contributed by atoms with Gasteiger partial charge in [-0.1, -0.05) is 24.3 Å². The number of aromatic nitrogens is 1. The van der Waals surface area contributed by atoms with Crippen LogP contribution in [-0.4, -0.2) is 23.5 Å². The zero-order valence-corrected chi connectivity index (χ0v) is 15.4. The van der Waals surface area contributed by atoms with Crippen molar-refractivity contribution in [3.05, 3.63) is 58.8 Å². The number of likely N-dealkylation sites (tertiary alicyclic amines) is 1. The summed E-state index contributed by atoms with van der Waals surface area (Å²) in [6.07, 6.45) is 2.34. The van der Waals surface area contributed by atoms with Gasteiger partial charge in [0, 0.05) is 18.2 Å². The minimum absolute atomic E-state index is 0.373. The van der Waals surface area contributed by atoms with E-state index in [1.165, 1.54) is 12.0 Å². The Labute approximate surface area is 152 Å². The quantitative estimate of drug-likeness (QED) is 0.642. The summed E-state index contributed by atoms with van der Waals surface area (Å²) in [7, 11) is 1.74. The first-order valence-corrected chi connectivity index (χ1v) is 9.51. The van der Waals surface area contributed by atoms with E-state index in [0.29, 0.717) is 6.04 Å². The third-order valence-electron chi connectivity index (χ3n) is 4.84. The standard InChI is InChI=1S/C20H22N2O2S/c1-14-16(21-20(24-14)19-10-6-12-25-19)13-22-11-5-8-17(22)15-7-3-4-9-18(15)23-2/h3-4,6-7,9-10,12,17H,5,8,11,13H2,1-2H3. The molecule has 4 rings (SSSR count). The number of aryl methyl sites for hydroxylation is 1. The van der Waals surface area contributed by atoms with Crippen LogP contribution in [0.1, 0.15) is 35.9 Å². The molecule has 1 fully saturated rings. The number of para-hydroxylation sites is 1. The van der Waals surface area contributed by atoms with Crippen LogP contribution in [0.2, 0.25) is 0 Å². The Morgan fingerprint density at radius 1 is 1.28 bits per heavy atom. The molecular weight excluding hydrogens is 332 g/mol. The minimum atomic E-state index is 0.373. The molecule has 0 amide bonds. The summed E-state index contributed by atoms with van der Waals surface area (Å²) in [6, 6.07) is 12.8. The van der Waals surface area contributed by atoms with Crippen molar-refractivity contribution in [3.63, 3.8) is 0 Å². The fourth-order valence-electron chi connectivity index (χ4n) is 3.58. The van der Waals surface area contributed by atoms with Crippen molar-refractivity contribution < 1.29 is 9.15 Å². The first-order valence-electron chi connectivity index (χ1n) is 8.63. The summed E-state index contributed by atoms with van der Waals surface area (Å²) in [4.78, 5) is 8.32. The van der Waals surface area contributed by atoms with Crippen LogP contribution in [0.15, 0.2) is 46.2 Å². The molecule has 0 bridgehead atoms. The van der Waals surface area contributed by atoms with Crippen molar-refractivity contribution in [3.8, 4) is 16.5 Å². The zero-order chi connectivity index (χ0) is 17.2. The lowest BCUT2D eigenvalue weighted by Gasteiger charge is -2.25. The number of benzene rings is 1. The molecule has 0 N–H and O–H groups in total. The highest BCUT2D eigenvalue weighted by Crippen LogP contribution is 2.38. The number of oxazole rings is 1. The smallest absolute Gasteiger partial charge is 0.236 e. The van der Waals surface area contributed by atoms with Crippen molar-refractivity contribution in [1.82, 2.24) is 9.88 Å². The molecule has 1 aromatic carbocycles. The molecule has 1 aliphatic heterocycles. The van der Waals surface area contributed by atoms with E-state index >= 15 is 0 Å². The number of rotatable bonds is 5. The summed E-state index contributed by atoms with van der Waals surface area (Å²) in [5.41, 5.74) is 2.30. The number of thiophene rings is 1. The van der Waals surface area contributed by atoms with Gasteiger partial charge in [-0.05, 0) is 43.8 Å². The number of hydrogen-bond donors (Lipinski definition) is 0. The fourth-order valence-corrected chi connectivity index (χ4v) is 4.23. The van der Waals surface area contributed by atoms with E-state index in [9.17, 15) is 0 Å². The summed E-state index contributed by atoms with van der Waals surface area (Å²) in [5, 5.41) is 2.05. The average molecular weight is 354 g/mol. The van der Waals surface area contributed by atoms with Gasteiger partial charge in [0.15, 0.2) is 0 Å². The van der Waals surface area contributed by atoms with Gasteiger partial charge in [0.05, 0.1) is 17.7 Å². The van der Waals surface area contributed by atoms with Crippen LogP contribution in [0.3, 0.4) is 0 Å². The van der Waals surface area contributed by atoms with E-state index in [2.05, 4.69) is 17.0 Å². The van der Waals surface area contributed by atoms with Crippen LogP contribution in [-0.2, 0) is 6.54 Å². The molecule has 1 saturated heterocycles. The Balaban J connectivity index is 1.58. The molecule has 1 aliphatic rings. The molecule has 130 valence electrons. The monoisotopic (exact) mass is 354 g/mol. The van der Waals surface area contributed by atoms with Gasteiger partial charge in [0.1, 0.15) is 11.5 Å². The van der Waals surface area contributed by atoms with E-state index < -0.39 is 0 Å². The van der Waals surface area contributed by atoms with Crippen LogP contribution in [0.5, 0.6) is 5.75 Å². The van der Waals surface area contributed by atoms with Crippen molar-refractivity contribution in [2.24, 2.45) is 0 Å². The Bertz CT molecular complexity index is 841. The average Bonchev–Trinajstić information content (AvgIpc) is 3.37. The third kappa shape index (κ3) is 3.22. The van der Waals surface area contributed by atoms with Crippen molar-refractivity contribution in [2.75, 3.05) is 13.7 Å². The highest BCUT2D eigenvalue weighted by atomic mass is 32.1. The SMILES string of the molecule is COc1ccccc1C1CCCN1Cc1nc(-c2cccs2)oc1C. The van der Waals surface area contributed by atoms with Crippen molar-refractivity contribution in [1.29, 1.82) is 0 Å². The molecule has 1 unspecified atom stereocenters. The predicted octanol–water partition coefficient (Wildman–Crippen LogP) is 5.06. The second-order valence-electron chi connectivity index (χ2n) is 6.37. The van der Waals surface area contributed by atoms with Gasteiger partial charge in [0.2, 0.25) is 5.89 Å². The summed E-state index contributed by atoms with van der Waals surface area (Å²) in [6.45, 7) is 3.89. The molecule has 4 nitrogen and oxygen atoms in total. The molecule has 0 spiro atoms. The lowest BCUT2D eigenvalue weighted by atomic mass is 10.0.